The number of carbonyl (C=O) groups is 1. The summed E-state index contributed by atoms with van der Waals surface area (Å²) in [5.74, 6) is -0.595. The van der Waals surface area contributed by atoms with Crippen LogP contribution in [0.25, 0.3) is 11.6 Å². The largest absolute Gasteiger partial charge is 0.507 e. The number of nitrogens with one attached hydrogen (secondary N) is 1. The summed E-state index contributed by atoms with van der Waals surface area (Å²) in [5.41, 5.74) is 0.343. The van der Waals surface area contributed by atoms with Crippen molar-refractivity contribution in [2.24, 2.45) is 0 Å². The summed E-state index contributed by atoms with van der Waals surface area (Å²) in [4.78, 5) is 22.4. The average Bonchev–Trinajstić information content (AvgIpc) is 3.16. The third-order valence-electron chi connectivity index (χ3n) is 3.55. The lowest BCUT2D eigenvalue weighted by atomic mass is 10.1. The number of benzene rings is 2. The molecule has 0 aliphatic carbocycles. The van der Waals surface area contributed by atoms with Gasteiger partial charge in [-0.1, -0.05) is 29.5 Å². The molecule has 28 heavy (non-hydrogen) atoms. The van der Waals surface area contributed by atoms with E-state index in [2.05, 4.69) is 15.5 Å². The molecular weight excluding hydrogens is 382 g/mol. The Morgan fingerprint density at radius 1 is 1.25 bits per heavy atom. The number of hydrogen-bond donors (Lipinski definition) is 2. The van der Waals surface area contributed by atoms with Crippen molar-refractivity contribution in [1.82, 2.24) is 10.2 Å². The molecule has 3 rings (SSSR count). The van der Waals surface area contributed by atoms with Gasteiger partial charge in [0.25, 0.3) is 11.6 Å². The molecule has 138 valence electrons. The Morgan fingerprint density at radius 3 is 2.68 bits per heavy atom. The number of rotatable bonds is 5. The zero-order valence-electron chi connectivity index (χ0n) is 14.1. The molecule has 0 atom stereocenters. The molecule has 0 aliphatic heterocycles. The molecule has 0 spiro atoms. The summed E-state index contributed by atoms with van der Waals surface area (Å²) < 4.78 is 0. The van der Waals surface area contributed by atoms with E-state index in [1.54, 1.807) is 30.3 Å². The highest BCUT2D eigenvalue weighted by atomic mass is 32.1. The zero-order valence-corrected chi connectivity index (χ0v) is 14.9. The fourth-order valence-corrected chi connectivity index (χ4v) is 2.91. The maximum atomic E-state index is 12.2. The molecule has 0 saturated carbocycles. The van der Waals surface area contributed by atoms with Crippen molar-refractivity contribution >= 4 is 39.7 Å². The van der Waals surface area contributed by atoms with Crippen molar-refractivity contribution < 1.29 is 14.8 Å². The van der Waals surface area contributed by atoms with Crippen LogP contribution in [0.15, 0.2) is 48.5 Å². The van der Waals surface area contributed by atoms with Crippen LogP contribution in [0.3, 0.4) is 0 Å². The second-order valence-electron chi connectivity index (χ2n) is 5.40. The molecule has 0 unspecified atom stereocenters. The van der Waals surface area contributed by atoms with Crippen molar-refractivity contribution in [3.05, 3.63) is 74.8 Å². The molecule has 1 heterocycles. The Kier molecular flexibility index (Phi) is 5.38. The number of carbonyl (C=O) groups excluding carboxylic acids is 1. The zero-order chi connectivity index (χ0) is 20.1. The molecule has 10 heteroatoms. The molecule has 0 aliphatic rings. The van der Waals surface area contributed by atoms with Crippen molar-refractivity contribution in [3.63, 3.8) is 0 Å². The van der Waals surface area contributed by atoms with Crippen LogP contribution < -0.4 is 5.32 Å². The normalized spacial score (nSPS) is 10.9. The maximum Gasteiger partial charge on any atom is 0.270 e. The van der Waals surface area contributed by atoms with Gasteiger partial charge in [0.1, 0.15) is 11.8 Å². The Hall–Kier alpha value is -4.10. The van der Waals surface area contributed by atoms with Gasteiger partial charge in [0, 0.05) is 23.3 Å². The molecular formula is C18H11N5O4S. The predicted molar refractivity (Wildman–Crippen MR) is 103 cm³/mol. The van der Waals surface area contributed by atoms with Gasteiger partial charge < -0.3 is 5.11 Å². The third-order valence-corrected chi connectivity index (χ3v) is 4.43. The molecule has 1 aromatic heterocycles. The standard InChI is InChI=1S/C18H11N5O4S/c19-10-13(8-12-9-14(23(26)27)6-7-15(12)24)17-21-22-18(28-17)20-16(25)11-4-2-1-3-5-11/h1-9,24H,(H,20,22,25)/b13-8+. The lowest BCUT2D eigenvalue weighted by Gasteiger charge is -2.00. The van der Waals surface area contributed by atoms with Crippen molar-refractivity contribution in [3.8, 4) is 11.8 Å². The Balaban J connectivity index is 1.86. The summed E-state index contributed by atoms with van der Waals surface area (Å²) in [6.07, 6.45) is 1.27. The third kappa shape index (κ3) is 4.17. The van der Waals surface area contributed by atoms with E-state index in [0.29, 0.717) is 5.56 Å². The van der Waals surface area contributed by atoms with Crippen molar-refractivity contribution in [2.75, 3.05) is 5.32 Å². The first kappa shape index (κ1) is 18.7. The molecule has 0 bridgehead atoms. The van der Waals surface area contributed by atoms with E-state index < -0.39 is 4.92 Å². The van der Waals surface area contributed by atoms with Gasteiger partial charge in [0.05, 0.1) is 10.5 Å². The van der Waals surface area contributed by atoms with E-state index in [1.165, 1.54) is 12.1 Å². The first-order chi connectivity index (χ1) is 13.5. The van der Waals surface area contributed by atoms with Gasteiger partial charge in [0.2, 0.25) is 5.13 Å². The number of phenolic OH excluding ortho intramolecular Hbond substituents is 1. The quantitative estimate of drug-likeness (QED) is 0.384. The van der Waals surface area contributed by atoms with Gasteiger partial charge in [-0.25, -0.2) is 0 Å². The highest BCUT2D eigenvalue weighted by Crippen LogP contribution is 2.29. The number of anilines is 1. The molecule has 9 nitrogen and oxygen atoms in total. The molecule has 0 fully saturated rings. The van der Waals surface area contributed by atoms with Crippen LogP contribution in [0.4, 0.5) is 10.8 Å². The van der Waals surface area contributed by atoms with Crippen LogP contribution in [0.1, 0.15) is 20.9 Å². The summed E-state index contributed by atoms with van der Waals surface area (Å²) in [6.45, 7) is 0. The van der Waals surface area contributed by atoms with Gasteiger partial charge in [0.15, 0.2) is 5.01 Å². The fourth-order valence-electron chi connectivity index (χ4n) is 2.21. The average molecular weight is 393 g/mol. The summed E-state index contributed by atoms with van der Waals surface area (Å²) >= 11 is 0.964. The van der Waals surface area contributed by atoms with Crippen LogP contribution >= 0.6 is 11.3 Å². The van der Waals surface area contributed by atoms with Crippen LogP contribution in [0.2, 0.25) is 0 Å². The number of nitriles is 1. The van der Waals surface area contributed by atoms with Crippen LogP contribution in [-0.4, -0.2) is 26.1 Å². The van der Waals surface area contributed by atoms with Gasteiger partial charge in [-0.15, -0.1) is 10.2 Å². The second-order valence-corrected chi connectivity index (χ2v) is 6.38. The molecule has 1 amide bonds. The maximum absolute atomic E-state index is 12.2. The first-order valence-electron chi connectivity index (χ1n) is 7.77. The monoisotopic (exact) mass is 393 g/mol. The van der Waals surface area contributed by atoms with E-state index in [4.69, 9.17) is 0 Å². The van der Waals surface area contributed by atoms with Crippen LogP contribution in [0.5, 0.6) is 5.75 Å². The lowest BCUT2D eigenvalue weighted by molar-refractivity contribution is -0.384. The number of hydrogen-bond acceptors (Lipinski definition) is 8. The minimum absolute atomic E-state index is 0.0357. The molecule has 3 aromatic rings. The number of nitro groups is 1. The Labute approximate surface area is 162 Å². The number of non-ortho nitro benzene ring substituents is 1. The number of nitro benzene ring substituents is 1. The smallest absolute Gasteiger partial charge is 0.270 e. The number of aromatic hydroxyl groups is 1. The Morgan fingerprint density at radius 2 is 2.00 bits per heavy atom. The van der Waals surface area contributed by atoms with E-state index in [9.17, 15) is 25.3 Å². The minimum atomic E-state index is -0.606. The van der Waals surface area contributed by atoms with Gasteiger partial charge in [-0.3, -0.25) is 20.2 Å². The second kappa shape index (κ2) is 8.07. The Bertz CT molecular complexity index is 1120. The first-order valence-corrected chi connectivity index (χ1v) is 8.59. The van der Waals surface area contributed by atoms with E-state index in [-0.39, 0.29) is 38.6 Å². The summed E-state index contributed by atoms with van der Waals surface area (Å²) in [5, 5.41) is 40.8. The predicted octanol–water partition coefficient (Wildman–Crippen LogP) is 3.47. The molecule has 2 aromatic carbocycles. The van der Waals surface area contributed by atoms with E-state index in [1.807, 2.05) is 6.07 Å². The highest BCUT2D eigenvalue weighted by molar-refractivity contribution is 7.16. The molecule has 0 radical (unpaired) electrons. The SMILES string of the molecule is N#C/C(=C\c1cc([N+](=O)[O-])ccc1O)c1nnc(NC(=O)c2ccccc2)s1. The summed E-state index contributed by atoms with van der Waals surface area (Å²) in [7, 11) is 0. The highest BCUT2D eigenvalue weighted by Gasteiger charge is 2.15. The number of phenols is 1. The van der Waals surface area contributed by atoms with E-state index >= 15 is 0 Å². The number of nitrogens with zero attached hydrogens (tertiary/aromatic N) is 4. The number of aromatic nitrogens is 2. The van der Waals surface area contributed by atoms with Gasteiger partial charge in [-0.05, 0) is 24.3 Å². The topological polar surface area (TPSA) is 142 Å². The van der Waals surface area contributed by atoms with Crippen LogP contribution in [-0.2, 0) is 0 Å². The minimum Gasteiger partial charge on any atom is -0.507 e. The van der Waals surface area contributed by atoms with Gasteiger partial charge in [-0.2, -0.15) is 5.26 Å². The van der Waals surface area contributed by atoms with Crippen molar-refractivity contribution in [2.45, 2.75) is 0 Å². The van der Waals surface area contributed by atoms with Crippen molar-refractivity contribution in [1.29, 1.82) is 5.26 Å². The molecule has 2 N–H and O–H groups in total. The molecule has 0 saturated heterocycles. The lowest BCUT2D eigenvalue weighted by Crippen LogP contribution is -2.11. The number of allylic oxidation sites excluding steroid dienone is 1. The summed E-state index contributed by atoms with van der Waals surface area (Å²) in [6, 6.07) is 13.9. The number of amides is 1. The van der Waals surface area contributed by atoms with E-state index in [0.717, 1.165) is 23.5 Å². The van der Waals surface area contributed by atoms with Gasteiger partial charge >= 0.3 is 0 Å². The van der Waals surface area contributed by atoms with Crippen LogP contribution in [0, 0.1) is 21.4 Å². The fraction of sp³-hybridized carbons (Fsp3) is 0.